The summed E-state index contributed by atoms with van der Waals surface area (Å²) in [5.74, 6) is 2.93. The number of hydrogen-bond acceptors (Lipinski definition) is 7. The monoisotopic (exact) mass is 491 g/mol. The number of benzene rings is 2. The first kappa shape index (κ1) is 22.2. The first-order valence-electron chi connectivity index (χ1n) is 10.5. The molecule has 0 aliphatic heterocycles. The van der Waals surface area contributed by atoms with E-state index in [1.54, 1.807) is 38.1 Å². The van der Waals surface area contributed by atoms with Crippen LogP contribution in [-0.2, 0) is 7.05 Å². The van der Waals surface area contributed by atoms with Crippen molar-refractivity contribution < 1.29 is 9.47 Å². The van der Waals surface area contributed by atoms with Crippen molar-refractivity contribution >= 4 is 39.0 Å². The van der Waals surface area contributed by atoms with E-state index in [0.717, 1.165) is 32.7 Å². The van der Waals surface area contributed by atoms with Crippen LogP contribution in [0.2, 0.25) is 5.02 Å². The van der Waals surface area contributed by atoms with Crippen LogP contribution in [0.1, 0.15) is 17.4 Å². The van der Waals surface area contributed by atoms with Gasteiger partial charge in [-0.25, -0.2) is 15.0 Å². The maximum Gasteiger partial charge on any atom is 0.139 e. The molecule has 1 N–H and O–H groups in total. The van der Waals surface area contributed by atoms with Gasteiger partial charge in [-0.3, -0.25) is 0 Å². The lowest BCUT2D eigenvalue weighted by atomic mass is 10.0. The van der Waals surface area contributed by atoms with Gasteiger partial charge in [0.05, 0.1) is 19.6 Å². The van der Waals surface area contributed by atoms with Crippen LogP contribution in [0.5, 0.6) is 11.5 Å². The summed E-state index contributed by atoms with van der Waals surface area (Å²) in [5.41, 5.74) is 3.02. The number of ether oxygens (including phenoxy) is 2. The molecule has 3 heterocycles. The second-order valence-electron chi connectivity index (χ2n) is 7.68. The van der Waals surface area contributed by atoms with Crippen LogP contribution in [0.25, 0.3) is 21.3 Å². The van der Waals surface area contributed by atoms with E-state index < -0.39 is 0 Å². The highest BCUT2D eigenvalue weighted by Gasteiger charge is 2.23. The van der Waals surface area contributed by atoms with Crippen LogP contribution in [0, 0.1) is 0 Å². The fourth-order valence-electron chi connectivity index (χ4n) is 3.91. The molecule has 5 rings (SSSR count). The lowest BCUT2D eigenvalue weighted by Crippen LogP contribution is -2.18. The molecular formula is C25H22ClN5O2S. The van der Waals surface area contributed by atoms with Crippen LogP contribution >= 0.6 is 22.9 Å². The normalized spacial score (nSPS) is 12.0. The minimum Gasteiger partial charge on any atom is -0.497 e. The van der Waals surface area contributed by atoms with E-state index in [9.17, 15) is 0 Å². The molecule has 5 aromatic rings. The third kappa shape index (κ3) is 4.18. The molecule has 0 spiro atoms. The molecule has 0 bridgehead atoms. The van der Waals surface area contributed by atoms with Crippen molar-refractivity contribution in [1.82, 2.24) is 19.5 Å². The molecule has 0 radical (unpaired) electrons. The predicted octanol–water partition coefficient (Wildman–Crippen LogP) is 5.96. The van der Waals surface area contributed by atoms with Crippen LogP contribution in [0.4, 0.5) is 5.82 Å². The van der Waals surface area contributed by atoms with E-state index in [4.69, 9.17) is 21.1 Å². The zero-order chi connectivity index (χ0) is 23.7. The van der Waals surface area contributed by atoms with Crippen molar-refractivity contribution in [2.24, 2.45) is 7.05 Å². The summed E-state index contributed by atoms with van der Waals surface area (Å²) in [6, 6.07) is 13.3. The summed E-state index contributed by atoms with van der Waals surface area (Å²) in [6.07, 6.45) is 5.27. The van der Waals surface area contributed by atoms with E-state index >= 15 is 0 Å². The molecule has 172 valence electrons. The molecular weight excluding hydrogens is 470 g/mol. The highest BCUT2D eigenvalue weighted by molar-refractivity contribution is 7.17. The molecule has 2 aromatic carbocycles. The molecule has 7 nitrogen and oxygen atoms in total. The number of nitrogens with one attached hydrogen (secondary N) is 1. The molecule has 0 fully saturated rings. The van der Waals surface area contributed by atoms with Crippen LogP contribution in [0.3, 0.4) is 0 Å². The third-order valence-electron chi connectivity index (χ3n) is 5.63. The smallest absolute Gasteiger partial charge is 0.139 e. The third-order valence-corrected chi connectivity index (χ3v) is 6.77. The summed E-state index contributed by atoms with van der Waals surface area (Å²) in [6.45, 7) is 0. The van der Waals surface area contributed by atoms with Gasteiger partial charge in [-0.15, -0.1) is 11.3 Å². The van der Waals surface area contributed by atoms with Gasteiger partial charge in [0.2, 0.25) is 0 Å². The zero-order valence-electron chi connectivity index (χ0n) is 18.8. The quantitative estimate of drug-likeness (QED) is 0.302. The van der Waals surface area contributed by atoms with Crippen molar-refractivity contribution in [2.75, 3.05) is 19.5 Å². The number of anilines is 1. The number of imidazole rings is 1. The van der Waals surface area contributed by atoms with Crippen LogP contribution in [-0.4, -0.2) is 33.7 Å². The molecule has 34 heavy (non-hydrogen) atoms. The largest absolute Gasteiger partial charge is 0.497 e. The number of methoxy groups -OCH3 is 2. The molecule has 0 saturated carbocycles. The number of nitrogens with zero attached hydrogens (tertiary/aromatic N) is 4. The van der Waals surface area contributed by atoms with Crippen LogP contribution in [0.15, 0.2) is 66.6 Å². The number of hydrogen-bond donors (Lipinski definition) is 1. The van der Waals surface area contributed by atoms with Gasteiger partial charge in [-0.2, -0.15) is 0 Å². The maximum atomic E-state index is 6.12. The van der Waals surface area contributed by atoms with Gasteiger partial charge in [-0.05, 0) is 35.4 Å². The fraction of sp³-hybridized carbons (Fsp3) is 0.160. The number of fused-ring (bicyclic) bond motifs is 1. The average Bonchev–Trinajstić information content (AvgIpc) is 3.49. The second kappa shape index (κ2) is 9.32. The second-order valence-corrected chi connectivity index (χ2v) is 8.97. The van der Waals surface area contributed by atoms with Crippen molar-refractivity contribution in [3.8, 4) is 22.6 Å². The van der Waals surface area contributed by atoms with E-state index in [1.165, 1.54) is 0 Å². The Morgan fingerprint density at radius 2 is 1.74 bits per heavy atom. The Morgan fingerprint density at radius 3 is 2.38 bits per heavy atom. The minimum atomic E-state index is -0.319. The number of thiophene rings is 1. The topological polar surface area (TPSA) is 74.1 Å². The summed E-state index contributed by atoms with van der Waals surface area (Å²) >= 11 is 7.69. The molecule has 0 aliphatic rings. The number of halogens is 1. The summed E-state index contributed by atoms with van der Waals surface area (Å²) in [7, 11) is 5.24. The SMILES string of the molecule is COc1cc(OC)cc([C@H](Nc2ncnc3scc(-c4ccc(Cl)cc4)c23)c2nccn2C)c1. The summed E-state index contributed by atoms with van der Waals surface area (Å²) in [5, 5.41) is 7.36. The Balaban J connectivity index is 1.66. The number of aryl methyl sites for hydroxylation is 1. The molecule has 0 amide bonds. The predicted molar refractivity (Wildman–Crippen MR) is 136 cm³/mol. The molecule has 3 aromatic heterocycles. The molecule has 1 atom stereocenters. The molecule has 0 unspecified atom stereocenters. The van der Waals surface area contributed by atoms with E-state index in [0.29, 0.717) is 22.3 Å². The van der Waals surface area contributed by atoms with Crippen molar-refractivity contribution in [3.05, 3.63) is 83.0 Å². The number of aromatic nitrogens is 4. The summed E-state index contributed by atoms with van der Waals surface area (Å²) < 4.78 is 13.0. The lowest BCUT2D eigenvalue weighted by molar-refractivity contribution is 0.393. The minimum absolute atomic E-state index is 0.319. The van der Waals surface area contributed by atoms with E-state index in [1.807, 2.05) is 60.3 Å². The molecule has 0 aliphatic carbocycles. The van der Waals surface area contributed by atoms with Crippen LogP contribution < -0.4 is 14.8 Å². The standard InChI is InChI=1S/C25H22ClN5O2S/c1-31-9-8-27-24(31)22(16-10-18(32-2)12-19(11-16)33-3)30-23-21-20(13-34-25(21)29-14-28-23)15-4-6-17(26)7-5-15/h4-14,22H,1-3H3,(H,28,29,30)/t22-/m0/s1. The van der Waals surface area contributed by atoms with Gasteiger partial charge in [0.15, 0.2) is 0 Å². The number of rotatable bonds is 7. The lowest BCUT2D eigenvalue weighted by Gasteiger charge is -2.21. The molecule has 9 heteroatoms. The van der Waals surface area contributed by atoms with E-state index in [-0.39, 0.29) is 6.04 Å². The Bertz CT molecular complexity index is 1430. The molecule has 0 saturated heterocycles. The van der Waals surface area contributed by atoms with Gasteiger partial charge in [0, 0.05) is 41.5 Å². The van der Waals surface area contributed by atoms with Gasteiger partial charge in [0.1, 0.15) is 40.3 Å². The van der Waals surface area contributed by atoms with E-state index in [2.05, 4.69) is 25.6 Å². The zero-order valence-corrected chi connectivity index (χ0v) is 20.4. The van der Waals surface area contributed by atoms with Gasteiger partial charge in [0.25, 0.3) is 0 Å². The Hall–Kier alpha value is -3.62. The Morgan fingerprint density at radius 1 is 1.00 bits per heavy atom. The highest BCUT2D eigenvalue weighted by Crippen LogP contribution is 2.39. The average molecular weight is 492 g/mol. The van der Waals surface area contributed by atoms with Gasteiger partial charge >= 0.3 is 0 Å². The first-order chi connectivity index (χ1) is 16.6. The maximum absolute atomic E-state index is 6.12. The summed E-state index contributed by atoms with van der Waals surface area (Å²) in [4.78, 5) is 14.6. The fourth-order valence-corrected chi connectivity index (χ4v) is 4.95. The van der Waals surface area contributed by atoms with Gasteiger partial charge in [-0.1, -0.05) is 23.7 Å². The van der Waals surface area contributed by atoms with Crippen molar-refractivity contribution in [3.63, 3.8) is 0 Å². The van der Waals surface area contributed by atoms with Crippen molar-refractivity contribution in [1.29, 1.82) is 0 Å². The Kier molecular flexibility index (Phi) is 6.08. The Labute approximate surface area is 206 Å². The highest BCUT2D eigenvalue weighted by atomic mass is 35.5. The van der Waals surface area contributed by atoms with Crippen molar-refractivity contribution in [2.45, 2.75) is 6.04 Å². The first-order valence-corrected chi connectivity index (χ1v) is 11.8. The van der Waals surface area contributed by atoms with Gasteiger partial charge < -0.3 is 19.4 Å².